The molecule has 0 spiro atoms. The Morgan fingerprint density at radius 1 is 1.14 bits per heavy atom. The summed E-state index contributed by atoms with van der Waals surface area (Å²) in [5, 5.41) is 4.16. The van der Waals surface area contributed by atoms with Gasteiger partial charge in [0.15, 0.2) is 0 Å². The van der Waals surface area contributed by atoms with Crippen molar-refractivity contribution < 1.29 is 4.39 Å². The Morgan fingerprint density at radius 2 is 1.86 bits per heavy atom. The molecule has 1 nitrogen and oxygen atoms in total. The predicted molar refractivity (Wildman–Crippen MR) is 88.5 cm³/mol. The van der Waals surface area contributed by atoms with Gasteiger partial charge in [-0.3, -0.25) is 0 Å². The van der Waals surface area contributed by atoms with Gasteiger partial charge in [-0.1, -0.05) is 49.3 Å². The van der Waals surface area contributed by atoms with Gasteiger partial charge in [-0.05, 0) is 48.4 Å². The smallest absolute Gasteiger partial charge is 0.123 e. The summed E-state index contributed by atoms with van der Waals surface area (Å²) in [4.78, 5) is 2.01. The second-order valence-corrected chi connectivity index (χ2v) is 6.80. The molecule has 21 heavy (non-hydrogen) atoms. The molecule has 0 aromatic heterocycles. The van der Waals surface area contributed by atoms with E-state index in [1.54, 1.807) is 23.9 Å². The fourth-order valence-electron chi connectivity index (χ4n) is 1.92. The van der Waals surface area contributed by atoms with Crippen LogP contribution in [0.3, 0.4) is 0 Å². The van der Waals surface area contributed by atoms with E-state index >= 15 is 0 Å². The first-order valence-electron chi connectivity index (χ1n) is 6.98. The molecule has 0 fully saturated rings. The molecule has 0 saturated heterocycles. The van der Waals surface area contributed by atoms with Crippen molar-refractivity contribution in [2.75, 3.05) is 6.54 Å². The highest BCUT2D eigenvalue weighted by Crippen LogP contribution is 2.36. The highest BCUT2D eigenvalue weighted by Gasteiger charge is 2.09. The topological polar surface area (TPSA) is 12.0 Å². The normalized spacial score (nSPS) is 11.1. The Kier molecular flexibility index (Phi) is 6.09. The molecule has 0 aliphatic carbocycles. The van der Waals surface area contributed by atoms with Gasteiger partial charge in [-0.25, -0.2) is 4.39 Å². The van der Waals surface area contributed by atoms with E-state index in [-0.39, 0.29) is 5.82 Å². The maximum absolute atomic E-state index is 13.0. The van der Waals surface area contributed by atoms with Crippen LogP contribution in [0.5, 0.6) is 0 Å². The third kappa shape index (κ3) is 5.03. The number of halogens is 2. The lowest BCUT2D eigenvalue weighted by Crippen LogP contribution is -2.19. The first kappa shape index (κ1) is 16.3. The van der Waals surface area contributed by atoms with Gasteiger partial charge in [-0.2, -0.15) is 0 Å². The summed E-state index contributed by atoms with van der Waals surface area (Å²) >= 11 is 7.90. The standard InChI is InChI=1S/C17H19ClFNS/c1-12(2)10-20-11-13-4-3-5-16(18)17(13)21-15-8-6-14(19)7-9-15/h3-9,12,20H,10-11H2,1-2H3. The lowest BCUT2D eigenvalue weighted by atomic mass is 10.2. The number of hydrogen-bond acceptors (Lipinski definition) is 2. The zero-order chi connectivity index (χ0) is 15.2. The summed E-state index contributed by atoms with van der Waals surface area (Å²) in [6.07, 6.45) is 0. The average molecular weight is 324 g/mol. The Labute approximate surface area is 134 Å². The number of nitrogens with one attached hydrogen (secondary N) is 1. The molecular weight excluding hydrogens is 305 g/mol. The van der Waals surface area contributed by atoms with Crippen LogP contribution in [0.15, 0.2) is 52.3 Å². The third-order valence-corrected chi connectivity index (χ3v) is 4.57. The van der Waals surface area contributed by atoms with Crippen molar-refractivity contribution in [2.24, 2.45) is 5.92 Å². The zero-order valence-corrected chi connectivity index (χ0v) is 13.8. The molecule has 0 atom stereocenters. The van der Waals surface area contributed by atoms with E-state index in [0.29, 0.717) is 5.92 Å². The van der Waals surface area contributed by atoms with E-state index in [1.807, 2.05) is 12.1 Å². The van der Waals surface area contributed by atoms with Crippen LogP contribution in [0.25, 0.3) is 0 Å². The molecule has 4 heteroatoms. The molecule has 0 unspecified atom stereocenters. The Balaban J connectivity index is 2.15. The van der Waals surface area contributed by atoms with Crippen LogP contribution < -0.4 is 5.32 Å². The van der Waals surface area contributed by atoms with Crippen molar-refractivity contribution >= 4 is 23.4 Å². The summed E-state index contributed by atoms with van der Waals surface area (Å²) in [5.41, 5.74) is 1.16. The third-order valence-electron chi connectivity index (χ3n) is 2.95. The van der Waals surface area contributed by atoms with Crippen molar-refractivity contribution in [3.63, 3.8) is 0 Å². The number of rotatable bonds is 6. The Bertz CT molecular complexity index is 584. The maximum Gasteiger partial charge on any atom is 0.123 e. The van der Waals surface area contributed by atoms with Gasteiger partial charge < -0.3 is 5.32 Å². The van der Waals surface area contributed by atoms with Crippen LogP contribution in [0.2, 0.25) is 5.02 Å². The molecule has 0 radical (unpaired) electrons. The molecule has 2 aromatic carbocycles. The minimum atomic E-state index is -0.225. The van der Waals surface area contributed by atoms with E-state index in [9.17, 15) is 4.39 Å². The van der Waals surface area contributed by atoms with Crippen molar-refractivity contribution in [1.29, 1.82) is 0 Å². The zero-order valence-electron chi connectivity index (χ0n) is 12.2. The predicted octanol–water partition coefficient (Wildman–Crippen LogP) is 5.38. The number of benzene rings is 2. The van der Waals surface area contributed by atoms with E-state index in [1.165, 1.54) is 12.1 Å². The van der Waals surface area contributed by atoms with Gasteiger partial charge in [0.1, 0.15) is 5.82 Å². The molecule has 0 amide bonds. The monoisotopic (exact) mass is 323 g/mol. The molecule has 2 aromatic rings. The SMILES string of the molecule is CC(C)CNCc1cccc(Cl)c1Sc1ccc(F)cc1. The summed E-state index contributed by atoms with van der Waals surface area (Å²) in [6, 6.07) is 12.4. The largest absolute Gasteiger partial charge is 0.312 e. The molecule has 112 valence electrons. The molecule has 0 aliphatic heterocycles. The Hall–Kier alpha value is -1.03. The van der Waals surface area contributed by atoms with Gasteiger partial charge >= 0.3 is 0 Å². The van der Waals surface area contributed by atoms with E-state index in [4.69, 9.17) is 11.6 Å². The van der Waals surface area contributed by atoms with Crippen LogP contribution in [0, 0.1) is 11.7 Å². The van der Waals surface area contributed by atoms with Crippen molar-refractivity contribution in [3.05, 3.63) is 58.9 Å². The van der Waals surface area contributed by atoms with Gasteiger partial charge in [0.05, 0.1) is 5.02 Å². The van der Waals surface area contributed by atoms with Gasteiger partial charge in [-0.15, -0.1) is 0 Å². The fourth-order valence-corrected chi connectivity index (χ4v) is 3.18. The molecule has 0 aliphatic rings. The highest BCUT2D eigenvalue weighted by atomic mass is 35.5. The quantitative estimate of drug-likeness (QED) is 0.766. The van der Waals surface area contributed by atoms with E-state index in [2.05, 4.69) is 25.2 Å². The molecule has 1 N–H and O–H groups in total. The van der Waals surface area contributed by atoms with E-state index in [0.717, 1.165) is 33.5 Å². The molecule has 0 heterocycles. The second-order valence-electron chi connectivity index (χ2n) is 5.31. The van der Waals surface area contributed by atoms with Crippen LogP contribution in [0.4, 0.5) is 4.39 Å². The maximum atomic E-state index is 13.0. The van der Waals surface area contributed by atoms with Crippen molar-refractivity contribution in [1.82, 2.24) is 5.32 Å². The molecule has 2 rings (SSSR count). The van der Waals surface area contributed by atoms with Crippen molar-refractivity contribution in [2.45, 2.75) is 30.2 Å². The second kappa shape index (κ2) is 7.83. The molecular formula is C17H19ClFNS. The van der Waals surface area contributed by atoms with Crippen LogP contribution in [-0.2, 0) is 6.54 Å². The molecule has 0 bridgehead atoms. The first-order chi connectivity index (χ1) is 10.1. The average Bonchev–Trinajstić information content (AvgIpc) is 2.44. The van der Waals surface area contributed by atoms with Crippen LogP contribution in [-0.4, -0.2) is 6.54 Å². The lowest BCUT2D eigenvalue weighted by Gasteiger charge is -2.13. The minimum absolute atomic E-state index is 0.225. The van der Waals surface area contributed by atoms with Gasteiger partial charge in [0, 0.05) is 16.3 Å². The highest BCUT2D eigenvalue weighted by molar-refractivity contribution is 7.99. The number of hydrogen-bond donors (Lipinski definition) is 1. The summed E-state index contributed by atoms with van der Waals surface area (Å²) in [7, 11) is 0. The van der Waals surface area contributed by atoms with Crippen molar-refractivity contribution in [3.8, 4) is 0 Å². The van der Waals surface area contributed by atoms with Crippen LogP contribution in [0.1, 0.15) is 19.4 Å². The lowest BCUT2D eigenvalue weighted by molar-refractivity contribution is 0.550. The Morgan fingerprint density at radius 3 is 2.52 bits per heavy atom. The minimum Gasteiger partial charge on any atom is -0.312 e. The van der Waals surface area contributed by atoms with Gasteiger partial charge in [0.2, 0.25) is 0 Å². The summed E-state index contributed by atoms with van der Waals surface area (Å²) in [5.74, 6) is 0.384. The first-order valence-corrected chi connectivity index (χ1v) is 8.17. The molecule has 0 saturated carbocycles. The van der Waals surface area contributed by atoms with Gasteiger partial charge in [0.25, 0.3) is 0 Å². The fraction of sp³-hybridized carbons (Fsp3) is 0.294. The summed E-state index contributed by atoms with van der Waals surface area (Å²) < 4.78 is 13.0. The van der Waals surface area contributed by atoms with E-state index < -0.39 is 0 Å². The van der Waals surface area contributed by atoms with Crippen LogP contribution >= 0.6 is 23.4 Å². The summed E-state index contributed by atoms with van der Waals surface area (Å²) in [6.45, 7) is 6.10.